The Bertz CT molecular complexity index is 462. The van der Waals surface area contributed by atoms with E-state index in [1.54, 1.807) is 18.5 Å². The molecule has 0 spiro atoms. The molecular weight excluding hydrogens is 240 g/mol. The third-order valence-electron chi connectivity index (χ3n) is 2.75. The van der Waals surface area contributed by atoms with E-state index in [-0.39, 0.29) is 6.04 Å². The third-order valence-corrected chi connectivity index (χ3v) is 4.02. The summed E-state index contributed by atoms with van der Waals surface area (Å²) in [6.07, 6.45) is 6.36. The molecule has 1 saturated heterocycles. The van der Waals surface area contributed by atoms with E-state index < -0.39 is 10.0 Å². The van der Waals surface area contributed by atoms with Crippen LogP contribution in [0.15, 0.2) is 18.5 Å². The van der Waals surface area contributed by atoms with Crippen LogP contribution in [0.4, 0.5) is 5.95 Å². The second-order valence-corrected chi connectivity index (χ2v) is 6.16. The van der Waals surface area contributed by atoms with Crippen LogP contribution in [-0.4, -0.2) is 48.1 Å². The molecule has 1 aromatic rings. The number of aromatic nitrogens is 2. The van der Waals surface area contributed by atoms with E-state index >= 15 is 0 Å². The summed E-state index contributed by atoms with van der Waals surface area (Å²) in [6, 6.07) is 1.83. The fraction of sp³-hybridized carbons (Fsp3) is 0.600. The fourth-order valence-electron chi connectivity index (χ4n) is 1.92. The zero-order valence-corrected chi connectivity index (χ0v) is 10.5. The van der Waals surface area contributed by atoms with E-state index in [1.165, 1.54) is 10.6 Å². The summed E-state index contributed by atoms with van der Waals surface area (Å²) in [6.45, 7) is 1.09. The van der Waals surface area contributed by atoms with Gasteiger partial charge in [0.1, 0.15) is 0 Å². The van der Waals surface area contributed by atoms with Gasteiger partial charge in [-0.3, -0.25) is 0 Å². The van der Waals surface area contributed by atoms with Crippen LogP contribution in [0.3, 0.4) is 0 Å². The first-order valence-corrected chi connectivity index (χ1v) is 7.39. The Hall–Kier alpha value is -1.21. The van der Waals surface area contributed by atoms with Crippen LogP contribution in [0.25, 0.3) is 0 Å². The summed E-state index contributed by atoms with van der Waals surface area (Å²) in [5.41, 5.74) is 0. The van der Waals surface area contributed by atoms with Crippen molar-refractivity contribution in [2.75, 3.05) is 24.7 Å². The van der Waals surface area contributed by atoms with Gasteiger partial charge in [0.25, 0.3) is 0 Å². The van der Waals surface area contributed by atoms with Gasteiger partial charge in [-0.2, -0.15) is 0 Å². The Labute approximate surface area is 101 Å². The lowest BCUT2D eigenvalue weighted by molar-refractivity contribution is 0.328. The normalized spacial score (nSPS) is 22.3. The van der Waals surface area contributed by atoms with Gasteiger partial charge in [-0.05, 0) is 18.9 Å². The molecule has 2 rings (SSSR count). The van der Waals surface area contributed by atoms with Crippen LogP contribution in [-0.2, 0) is 10.0 Å². The van der Waals surface area contributed by atoms with Gasteiger partial charge >= 0.3 is 0 Å². The van der Waals surface area contributed by atoms with Gasteiger partial charge in [0.15, 0.2) is 0 Å². The second kappa shape index (κ2) is 4.97. The van der Waals surface area contributed by atoms with E-state index in [2.05, 4.69) is 15.3 Å². The number of hydrogen-bond acceptors (Lipinski definition) is 5. The van der Waals surface area contributed by atoms with Gasteiger partial charge in [-0.15, -0.1) is 0 Å². The van der Waals surface area contributed by atoms with Crippen molar-refractivity contribution < 1.29 is 8.42 Å². The van der Waals surface area contributed by atoms with Crippen molar-refractivity contribution in [1.29, 1.82) is 0 Å². The van der Waals surface area contributed by atoms with Crippen LogP contribution in [0.2, 0.25) is 0 Å². The Morgan fingerprint density at radius 1 is 1.41 bits per heavy atom. The van der Waals surface area contributed by atoms with E-state index in [9.17, 15) is 8.42 Å². The SMILES string of the molecule is CS(=O)(=O)N1CCCC(Nc2ncccn2)C1. The van der Waals surface area contributed by atoms with Crippen LogP contribution >= 0.6 is 0 Å². The Morgan fingerprint density at radius 3 is 2.76 bits per heavy atom. The molecule has 0 aliphatic carbocycles. The molecule has 0 saturated carbocycles. The lowest BCUT2D eigenvalue weighted by atomic mass is 10.1. The molecule has 1 aromatic heterocycles. The largest absolute Gasteiger partial charge is 0.350 e. The van der Waals surface area contributed by atoms with Gasteiger partial charge in [-0.25, -0.2) is 22.7 Å². The van der Waals surface area contributed by atoms with Crippen molar-refractivity contribution in [3.8, 4) is 0 Å². The van der Waals surface area contributed by atoms with Crippen molar-refractivity contribution in [3.63, 3.8) is 0 Å². The Morgan fingerprint density at radius 2 is 2.12 bits per heavy atom. The van der Waals surface area contributed by atoms with E-state index in [1.807, 2.05) is 0 Å². The van der Waals surface area contributed by atoms with Crippen molar-refractivity contribution in [2.24, 2.45) is 0 Å². The average molecular weight is 256 g/mol. The van der Waals surface area contributed by atoms with Crippen LogP contribution in [0.5, 0.6) is 0 Å². The topological polar surface area (TPSA) is 75.2 Å². The number of piperidine rings is 1. The molecule has 0 radical (unpaired) electrons. The summed E-state index contributed by atoms with van der Waals surface area (Å²) in [4.78, 5) is 8.14. The molecule has 0 bridgehead atoms. The number of hydrogen-bond donors (Lipinski definition) is 1. The molecule has 1 unspecified atom stereocenters. The number of nitrogens with zero attached hydrogens (tertiary/aromatic N) is 3. The predicted octanol–water partition coefficient (Wildman–Crippen LogP) is 0.312. The highest BCUT2D eigenvalue weighted by Gasteiger charge is 2.25. The minimum Gasteiger partial charge on any atom is -0.350 e. The molecule has 0 aromatic carbocycles. The van der Waals surface area contributed by atoms with E-state index in [4.69, 9.17) is 0 Å². The van der Waals surface area contributed by atoms with Crippen molar-refractivity contribution in [3.05, 3.63) is 18.5 Å². The number of sulfonamides is 1. The minimum absolute atomic E-state index is 0.0841. The fourth-order valence-corrected chi connectivity index (χ4v) is 2.83. The second-order valence-electron chi connectivity index (χ2n) is 4.18. The highest BCUT2D eigenvalue weighted by atomic mass is 32.2. The Balaban J connectivity index is 1.99. The summed E-state index contributed by atoms with van der Waals surface area (Å²) < 4.78 is 24.4. The monoisotopic (exact) mass is 256 g/mol. The number of anilines is 1. The van der Waals surface area contributed by atoms with Gasteiger partial charge in [0.05, 0.1) is 6.26 Å². The quantitative estimate of drug-likeness (QED) is 0.842. The van der Waals surface area contributed by atoms with E-state index in [0.717, 1.165) is 12.8 Å². The molecule has 1 atom stereocenters. The molecule has 1 fully saturated rings. The first-order valence-electron chi connectivity index (χ1n) is 5.54. The average Bonchev–Trinajstić information content (AvgIpc) is 2.29. The zero-order chi connectivity index (χ0) is 12.3. The molecule has 17 heavy (non-hydrogen) atoms. The molecule has 94 valence electrons. The highest BCUT2D eigenvalue weighted by molar-refractivity contribution is 7.88. The lowest BCUT2D eigenvalue weighted by Crippen LogP contribution is -2.44. The van der Waals surface area contributed by atoms with Crippen LogP contribution in [0.1, 0.15) is 12.8 Å². The maximum Gasteiger partial charge on any atom is 0.222 e. The molecule has 2 heterocycles. The number of nitrogens with one attached hydrogen (secondary N) is 1. The maximum atomic E-state index is 11.5. The van der Waals surface area contributed by atoms with E-state index in [0.29, 0.717) is 19.0 Å². The molecular formula is C10H16N4O2S. The summed E-state index contributed by atoms with van der Waals surface area (Å²) in [7, 11) is -3.10. The van der Waals surface area contributed by atoms with Crippen molar-refractivity contribution in [2.45, 2.75) is 18.9 Å². The summed E-state index contributed by atoms with van der Waals surface area (Å²) in [5, 5.41) is 3.15. The molecule has 1 aliphatic heterocycles. The van der Waals surface area contributed by atoms with Crippen molar-refractivity contribution >= 4 is 16.0 Å². The minimum atomic E-state index is -3.10. The maximum absolute atomic E-state index is 11.5. The number of rotatable bonds is 3. The first-order chi connectivity index (χ1) is 8.05. The molecule has 1 N–H and O–H groups in total. The van der Waals surface area contributed by atoms with Gasteiger partial charge in [0, 0.05) is 31.5 Å². The molecule has 7 heteroatoms. The first kappa shape index (κ1) is 12.3. The van der Waals surface area contributed by atoms with Gasteiger partial charge < -0.3 is 5.32 Å². The Kier molecular flexibility index (Phi) is 3.58. The van der Waals surface area contributed by atoms with Gasteiger partial charge in [-0.1, -0.05) is 0 Å². The van der Waals surface area contributed by atoms with Gasteiger partial charge in [0.2, 0.25) is 16.0 Å². The summed E-state index contributed by atoms with van der Waals surface area (Å²) >= 11 is 0. The lowest BCUT2D eigenvalue weighted by Gasteiger charge is -2.31. The van der Waals surface area contributed by atoms with Crippen LogP contribution < -0.4 is 5.32 Å². The molecule has 1 aliphatic rings. The van der Waals surface area contributed by atoms with Crippen LogP contribution in [0, 0.1) is 0 Å². The smallest absolute Gasteiger partial charge is 0.222 e. The summed E-state index contributed by atoms with van der Waals surface area (Å²) in [5.74, 6) is 0.549. The third kappa shape index (κ3) is 3.37. The predicted molar refractivity (Wildman–Crippen MR) is 65.1 cm³/mol. The molecule has 6 nitrogen and oxygen atoms in total. The highest BCUT2D eigenvalue weighted by Crippen LogP contribution is 2.15. The standard InChI is InChI=1S/C10H16N4O2S/c1-17(15,16)14-7-2-4-9(8-14)13-10-11-5-3-6-12-10/h3,5-6,9H,2,4,7-8H2,1H3,(H,11,12,13). The zero-order valence-electron chi connectivity index (χ0n) is 9.70. The van der Waals surface area contributed by atoms with Crippen molar-refractivity contribution in [1.82, 2.24) is 14.3 Å². The molecule has 0 amide bonds.